The minimum absolute atomic E-state index is 0.0531. The van der Waals surface area contributed by atoms with E-state index in [0.717, 1.165) is 13.1 Å². The van der Waals surface area contributed by atoms with Crippen molar-refractivity contribution >= 4 is 6.09 Å². The van der Waals surface area contributed by atoms with Crippen LogP contribution in [-0.2, 0) is 4.74 Å². The van der Waals surface area contributed by atoms with Crippen molar-refractivity contribution in [1.82, 2.24) is 15.1 Å². The van der Waals surface area contributed by atoms with Gasteiger partial charge in [0.1, 0.15) is 5.60 Å². The summed E-state index contributed by atoms with van der Waals surface area (Å²) in [7, 11) is 2.16. The first-order valence-electron chi connectivity index (χ1n) is 8.20. The summed E-state index contributed by atoms with van der Waals surface area (Å²) in [6, 6.07) is 1.02. The second kappa shape index (κ2) is 7.62. The molecule has 1 amide bonds. The number of ether oxygens (including phenoxy) is 1. The molecule has 1 rings (SSSR count). The average molecular weight is 314 g/mol. The van der Waals surface area contributed by atoms with E-state index in [4.69, 9.17) is 10.5 Å². The number of piperazine rings is 1. The number of nitrogens with one attached hydrogen (secondary N) is 1. The van der Waals surface area contributed by atoms with Crippen LogP contribution in [0.2, 0.25) is 0 Å². The highest BCUT2D eigenvalue weighted by molar-refractivity contribution is 5.68. The summed E-state index contributed by atoms with van der Waals surface area (Å²) < 4.78 is 5.33. The maximum Gasteiger partial charge on any atom is 0.407 e. The topological polar surface area (TPSA) is 70.8 Å². The molecule has 130 valence electrons. The molecule has 6 heteroatoms. The average Bonchev–Trinajstić information content (AvgIpc) is 2.34. The van der Waals surface area contributed by atoms with Crippen LogP contribution in [0.5, 0.6) is 0 Å². The molecule has 1 aliphatic rings. The standard InChI is InChI=1S/C16H34N4O2/c1-11-9-20(10-12(2)19(11)7)14(8-17)13(3)18-15(21)22-16(4,5)6/h11-14H,8-10,17H2,1-7H3,(H,18,21). The molecule has 3 N–H and O–H groups in total. The van der Waals surface area contributed by atoms with Crippen molar-refractivity contribution in [2.45, 2.75) is 71.3 Å². The minimum Gasteiger partial charge on any atom is -0.444 e. The smallest absolute Gasteiger partial charge is 0.407 e. The first-order valence-corrected chi connectivity index (χ1v) is 8.20. The molecule has 1 fully saturated rings. The van der Waals surface area contributed by atoms with Crippen LogP contribution >= 0.6 is 0 Å². The van der Waals surface area contributed by atoms with Gasteiger partial charge in [0.15, 0.2) is 0 Å². The van der Waals surface area contributed by atoms with E-state index in [1.54, 1.807) is 0 Å². The van der Waals surface area contributed by atoms with Crippen LogP contribution in [0.1, 0.15) is 41.5 Å². The van der Waals surface area contributed by atoms with Crippen molar-refractivity contribution in [2.24, 2.45) is 5.73 Å². The molecule has 4 unspecified atom stereocenters. The zero-order valence-corrected chi connectivity index (χ0v) is 15.2. The lowest BCUT2D eigenvalue weighted by Gasteiger charge is -2.46. The zero-order chi connectivity index (χ0) is 17.1. The van der Waals surface area contributed by atoms with Gasteiger partial charge in [0.2, 0.25) is 0 Å². The Morgan fingerprint density at radius 2 is 1.82 bits per heavy atom. The van der Waals surface area contributed by atoms with Gasteiger partial charge in [-0.05, 0) is 48.6 Å². The van der Waals surface area contributed by atoms with E-state index in [-0.39, 0.29) is 18.2 Å². The fraction of sp³-hybridized carbons (Fsp3) is 0.938. The molecular weight excluding hydrogens is 280 g/mol. The third-order valence-corrected chi connectivity index (χ3v) is 4.42. The fourth-order valence-electron chi connectivity index (χ4n) is 2.98. The molecule has 0 radical (unpaired) electrons. The summed E-state index contributed by atoms with van der Waals surface area (Å²) in [5.41, 5.74) is 5.50. The molecule has 22 heavy (non-hydrogen) atoms. The predicted octanol–water partition coefficient (Wildman–Crippen LogP) is 1.25. The van der Waals surface area contributed by atoms with Gasteiger partial charge in [-0.1, -0.05) is 0 Å². The van der Waals surface area contributed by atoms with Crippen LogP contribution < -0.4 is 11.1 Å². The Labute approximate surface area is 135 Å². The molecule has 6 nitrogen and oxygen atoms in total. The van der Waals surface area contributed by atoms with Crippen LogP contribution in [0, 0.1) is 0 Å². The molecule has 0 spiro atoms. The number of hydrogen-bond donors (Lipinski definition) is 2. The number of rotatable bonds is 4. The predicted molar refractivity (Wildman–Crippen MR) is 89.9 cm³/mol. The number of hydrogen-bond acceptors (Lipinski definition) is 5. The van der Waals surface area contributed by atoms with Gasteiger partial charge in [0.05, 0.1) is 0 Å². The Morgan fingerprint density at radius 1 is 1.32 bits per heavy atom. The number of alkyl carbamates (subject to hydrolysis) is 1. The van der Waals surface area contributed by atoms with Crippen LogP contribution in [0.15, 0.2) is 0 Å². The lowest BCUT2D eigenvalue weighted by atomic mass is 10.0. The van der Waals surface area contributed by atoms with Crippen LogP contribution in [0.25, 0.3) is 0 Å². The largest absolute Gasteiger partial charge is 0.444 e. The molecule has 0 aromatic heterocycles. The van der Waals surface area contributed by atoms with Gasteiger partial charge < -0.3 is 15.8 Å². The van der Waals surface area contributed by atoms with E-state index in [1.165, 1.54) is 0 Å². The summed E-state index contributed by atoms with van der Waals surface area (Å²) in [6.07, 6.45) is -0.381. The van der Waals surface area contributed by atoms with Crippen molar-refractivity contribution in [3.8, 4) is 0 Å². The monoisotopic (exact) mass is 314 g/mol. The molecule has 0 saturated carbocycles. The highest BCUT2D eigenvalue weighted by atomic mass is 16.6. The Kier molecular flexibility index (Phi) is 6.65. The van der Waals surface area contributed by atoms with E-state index in [9.17, 15) is 4.79 Å². The molecule has 0 aromatic carbocycles. The number of nitrogens with zero attached hydrogens (tertiary/aromatic N) is 2. The third-order valence-electron chi connectivity index (χ3n) is 4.42. The molecule has 1 saturated heterocycles. The van der Waals surface area contributed by atoms with E-state index in [1.807, 2.05) is 27.7 Å². The lowest BCUT2D eigenvalue weighted by molar-refractivity contribution is 0.0208. The van der Waals surface area contributed by atoms with Gasteiger partial charge in [-0.15, -0.1) is 0 Å². The number of carbonyl (C=O) groups excluding carboxylic acids is 1. The van der Waals surface area contributed by atoms with Crippen LogP contribution in [0.3, 0.4) is 0 Å². The van der Waals surface area contributed by atoms with Gasteiger partial charge in [0, 0.05) is 43.8 Å². The van der Waals surface area contributed by atoms with Crippen molar-refractivity contribution in [2.75, 3.05) is 26.7 Å². The van der Waals surface area contributed by atoms with Crippen molar-refractivity contribution < 1.29 is 9.53 Å². The first-order chi connectivity index (χ1) is 10.0. The molecule has 1 heterocycles. The maximum atomic E-state index is 12.0. The van der Waals surface area contributed by atoms with E-state index in [0.29, 0.717) is 18.6 Å². The minimum atomic E-state index is -0.487. The Hall–Kier alpha value is -0.850. The second-order valence-electron chi connectivity index (χ2n) is 7.56. The normalized spacial score (nSPS) is 27.3. The van der Waals surface area contributed by atoms with E-state index < -0.39 is 5.60 Å². The Morgan fingerprint density at radius 3 is 2.23 bits per heavy atom. The third kappa shape index (κ3) is 5.41. The summed E-state index contributed by atoms with van der Waals surface area (Å²) >= 11 is 0. The maximum absolute atomic E-state index is 12.0. The molecule has 4 atom stereocenters. The van der Waals surface area contributed by atoms with Gasteiger partial charge in [-0.25, -0.2) is 4.79 Å². The lowest BCUT2D eigenvalue weighted by Crippen LogP contribution is -2.63. The second-order valence-corrected chi connectivity index (χ2v) is 7.56. The van der Waals surface area contributed by atoms with Crippen molar-refractivity contribution in [3.63, 3.8) is 0 Å². The summed E-state index contributed by atoms with van der Waals surface area (Å²) in [5, 5.41) is 2.93. The highest BCUT2D eigenvalue weighted by Crippen LogP contribution is 2.17. The molecule has 0 aliphatic carbocycles. The van der Waals surface area contributed by atoms with Crippen molar-refractivity contribution in [3.05, 3.63) is 0 Å². The van der Waals surface area contributed by atoms with Crippen LogP contribution in [0.4, 0.5) is 4.79 Å². The van der Waals surface area contributed by atoms with Gasteiger partial charge >= 0.3 is 6.09 Å². The SMILES string of the molecule is CC(NC(=O)OC(C)(C)C)C(CN)N1CC(C)N(C)C(C)C1. The van der Waals surface area contributed by atoms with Crippen molar-refractivity contribution in [1.29, 1.82) is 0 Å². The fourth-order valence-corrected chi connectivity index (χ4v) is 2.98. The highest BCUT2D eigenvalue weighted by Gasteiger charge is 2.33. The number of nitrogens with two attached hydrogens (primary N) is 1. The first kappa shape index (κ1) is 19.2. The number of likely N-dealkylation sites (N-methyl/N-ethyl adjacent to an activating group) is 1. The van der Waals surface area contributed by atoms with Crippen LogP contribution in [-0.4, -0.2) is 72.3 Å². The number of carbonyl (C=O) groups is 1. The van der Waals surface area contributed by atoms with E-state index >= 15 is 0 Å². The van der Waals surface area contributed by atoms with Gasteiger partial charge in [0.25, 0.3) is 0 Å². The van der Waals surface area contributed by atoms with E-state index in [2.05, 4.69) is 36.0 Å². The molecule has 0 aromatic rings. The Balaban J connectivity index is 2.65. The number of amides is 1. The zero-order valence-electron chi connectivity index (χ0n) is 15.2. The summed E-state index contributed by atoms with van der Waals surface area (Å²) in [5.74, 6) is 0. The van der Waals surface area contributed by atoms with Gasteiger partial charge in [-0.3, -0.25) is 9.80 Å². The summed E-state index contributed by atoms with van der Waals surface area (Å²) in [6.45, 7) is 14.5. The molecule has 0 bridgehead atoms. The summed E-state index contributed by atoms with van der Waals surface area (Å²) in [4.78, 5) is 16.7. The quantitative estimate of drug-likeness (QED) is 0.817. The molecular formula is C16H34N4O2. The molecule has 1 aliphatic heterocycles. The Bertz CT molecular complexity index is 358. The van der Waals surface area contributed by atoms with Gasteiger partial charge in [-0.2, -0.15) is 0 Å².